The van der Waals surface area contributed by atoms with Crippen LogP contribution in [0.5, 0.6) is 0 Å². The summed E-state index contributed by atoms with van der Waals surface area (Å²) >= 11 is 0. The number of amides is 1. The molecule has 4 heteroatoms. The summed E-state index contributed by atoms with van der Waals surface area (Å²) in [5, 5.41) is 3.48. The highest BCUT2D eigenvalue weighted by molar-refractivity contribution is 5.94. The minimum Gasteiger partial charge on any atom is -0.375 e. The minimum absolute atomic E-state index is 0.190. The fraction of sp³-hybridized carbons (Fsp3) is 0.632. The normalized spacial score (nSPS) is 20.0. The zero-order valence-electron chi connectivity index (χ0n) is 14.5. The molecule has 2 heterocycles. The van der Waals surface area contributed by atoms with Gasteiger partial charge in [-0.15, -0.1) is 0 Å². The van der Waals surface area contributed by atoms with E-state index in [1.807, 2.05) is 17.0 Å². The average molecular weight is 315 g/mol. The van der Waals surface area contributed by atoms with Gasteiger partial charge in [-0.25, -0.2) is 0 Å². The highest BCUT2D eigenvalue weighted by Gasteiger charge is 2.38. The first-order valence-corrected chi connectivity index (χ1v) is 8.95. The molecular formula is C19H29N3O. The maximum atomic E-state index is 12.7. The molecule has 0 saturated carbocycles. The maximum absolute atomic E-state index is 12.7. The average Bonchev–Trinajstić information content (AvgIpc) is 3.03. The van der Waals surface area contributed by atoms with Gasteiger partial charge in [0.05, 0.1) is 0 Å². The van der Waals surface area contributed by atoms with Gasteiger partial charge in [0.25, 0.3) is 5.91 Å². The van der Waals surface area contributed by atoms with E-state index in [0.717, 1.165) is 57.5 Å². The molecular weight excluding hydrogens is 286 g/mol. The molecule has 1 N–H and O–H groups in total. The molecule has 126 valence electrons. The number of rotatable bonds is 4. The van der Waals surface area contributed by atoms with Crippen molar-refractivity contribution in [1.29, 1.82) is 0 Å². The summed E-state index contributed by atoms with van der Waals surface area (Å²) in [6.45, 7) is 7.29. The summed E-state index contributed by atoms with van der Waals surface area (Å²) in [5.74, 6) is 0.190. The number of hydrogen-bond acceptors (Lipinski definition) is 3. The van der Waals surface area contributed by atoms with Crippen molar-refractivity contribution in [2.24, 2.45) is 5.41 Å². The molecule has 1 amide bonds. The van der Waals surface area contributed by atoms with Crippen molar-refractivity contribution in [2.45, 2.75) is 32.6 Å². The molecule has 2 aliphatic rings. The van der Waals surface area contributed by atoms with Crippen LogP contribution in [-0.2, 0) is 0 Å². The van der Waals surface area contributed by atoms with E-state index in [4.69, 9.17) is 0 Å². The summed E-state index contributed by atoms with van der Waals surface area (Å²) in [7, 11) is 2.10. The van der Waals surface area contributed by atoms with Gasteiger partial charge in [-0.05, 0) is 61.9 Å². The third kappa shape index (κ3) is 3.52. The molecule has 2 fully saturated rings. The van der Waals surface area contributed by atoms with E-state index in [0.29, 0.717) is 5.41 Å². The van der Waals surface area contributed by atoms with Crippen molar-refractivity contribution in [2.75, 3.05) is 44.7 Å². The van der Waals surface area contributed by atoms with E-state index < -0.39 is 0 Å². The van der Waals surface area contributed by atoms with Crippen molar-refractivity contribution >= 4 is 11.6 Å². The Hall–Kier alpha value is -1.55. The van der Waals surface area contributed by atoms with Crippen LogP contribution >= 0.6 is 0 Å². The van der Waals surface area contributed by atoms with Gasteiger partial charge < -0.3 is 15.1 Å². The lowest BCUT2D eigenvalue weighted by atomic mass is 9.78. The first-order chi connectivity index (χ1) is 11.1. The fourth-order valence-corrected chi connectivity index (χ4v) is 3.91. The number of carbonyl (C=O) groups is 1. The number of likely N-dealkylation sites (tertiary alicyclic amines) is 1. The Bertz CT molecular complexity index is 524. The van der Waals surface area contributed by atoms with Crippen molar-refractivity contribution in [3.63, 3.8) is 0 Å². The van der Waals surface area contributed by atoms with E-state index in [9.17, 15) is 4.79 Å². The lowest BCUT2D eigenvalue weighted by Crippen LogP contribution is -2.44. The predicted octanol–water partition coefficient (Wildman–Crippen LogP) is 2.75. The number of piperidine rings is 1. The van der Waals surface area contributed by atoms with Gasteiger partial charge >= 0.3 is 0 Å². The second-order valence-corrected chi connectivity index (χ2v) is 7.19. The maximum Gasteiger partial charge on any atom is 0.253 e. The SMILES string of the molecule is CCCN(C)c1ccc(C(=O)N2CCC3(CCNC3)CC2)cc1. The second-order valence-electron chi connectivity index (χ2n) is 7.19. The second kappa shape index (κ2) is 6.91. The Morgan fingerprint density at radius 1 is 1.22 bits per heavy atom. The highest BCUT2D eigenvalue weighted by atomic mass is 16.2. The summed E-state index contributed by atoms with van der Waals surface area (Å²) in [4.78, 5) is 17.0. The molecule has 2 aliphatic heterocycles. The van der Waals surface area contributed by atoms with Crippen LogP contribution in [0, 0.1) is 5.41 Å². The molecule has 4 nitrogen and oxygen atoms in total. The van der Waals surface area contributed by atoms with E-state index in [1.165, 1.54) is 12.1 Å². The van der Waals surface area contributed by atoms with Gasteiger partial charge in [0, 0.05) is 44.5 Å². The third-order valence-corrected chi connectivity index (χ3v) is 5.56. The monoisotopic (exact) mass is 315 g/mol. The molecule has 0 bridgehead atoms. The van der Waals surface area contributed by atoms with Crippen LogP contribution in [0.4, 0.5) is 5.69 Å². The fourth-order valence-electron chi connectivity index (χ4n) is 3.91. The van der Waals surface area contributed by atoms with Gasteiger partial charge in [0.15, 0.2) is 0 Å². The van der Waals surface area contributed by atoms with Crippen LogP contribution in [0.1, 0.15) is 43.0 Å². The molecule has 0 aliphatic carbocycles. The van der Waals surface area contributed by atoms with Crippen LogP contribution in [0.3, 0.4) is 0 Å². The summed E-state index contributed by atoms with van der Waals surface area (Å²) in [6.07, 6.45) is 4.68. The Morgan fingerprint density at radius 3 is 2.48 bits per heavy atom. The molecule has 1 spiro atoms. The number of anilines is 1. The van der Waals surface area contributed by atoms with Gasteiger partial charge in [0.2, 0.25) is 0 Å². The Kier molecular flexibility index (Phi) is 4.90. The lowest BCUT2D eigenvalue weighted by molar-refractivity contribution is 0.0607. The highest BCUT2D eigenvalue weighted by Crippen LogP contribution is 2.37. The van der Waals surface area contributed by atoms with Crippen molar-refractivity contribution in [3.8, 4) is 0 Å². The smallest absolute Gasteiger partial charge is 0.253 e. The van der Waals surface area contributed by atoms with E-state index >= 15 is 0 Å². The number of carbonyl (C=O) groups excluding carboxylic acids is 1. The van der Waals surface area contributed by atoms with E-state index in [-0.39, 0.29) is 5.91 Å². The van der Waals surface area contributed by atoms with Crippen molar-refractivity contribution < 1.29 is 4.79 Å². The van der Waals surface area contributed by atoms with Crippen molar-refractivity contribution in [1.82, 2.24) is 10.2 Å². The van der Waals surface area contributed by atoms with Crippen LogP contribution in [0.15, 0.2) is 24.3 Å². The summed E-state index contributed by atoms with van der Waals surface area (Å²) in [6, 6.07) is 8.08. The molecule has 0 atom stereocenters. The molecule has 2 saturated heterocycles. The number of nitrogens with one attached hydrogen (secondary N) is 1. The molecule has 0 unspecified atom stereocenters. The quantitative estimate of drug-likeness (QED) is 0.928. The number of nitrogens with zero attached hydrogens (tertiary/aromatic N) is 2. The molecule has 0 aromatic heterocycles. The number of hydrogen-bond donors (Lipinski definition) is 1. The topological polar surface area (TPSA) is 35.6 Å². The predicted molar refractivity (Wildman–Crippen MR) is 95.1 cm³/mol. The van der Waals surface area contributed by atoms with Crippen LogP contribution < -0.4 is 10.2 Å². The van der Waals surface area contributed by atoms with Crippen molar-refractivity contribution in [3.05, 3.63) is 29.8 Å². The number of benzene rings is 1. The van der Waals surface area contributed by atoms with E-state index in [2.05, 4.69) is 36.3 Å². The lowest BCUT2D eigenvalue weighted by Gasteiger charge is -2.39. The van der Waals surface area contributed by atoms with Gasteiger partial charge in [-0.1, -0.05) is 6.92 Å². The van der Waals surface area contributed by atoms with E-state index in [1.54, 1.807) is 0 Å². The minimum atomic E-state index is 0.190. The molecule has 3 rings (SSSR count). The first kappa shape index (κ1) is 16.3. The molecule has 0 radical (unpaired) electrons. The Labute approximate surface area is 139 Å². The largest absolute Gasteiger partial charge is 0.375 e. The summed E-state index contributed by atoms with van der Waals surface area (Å²) in [5.41, 5.74) is 2.46. The van der Waals surface area contributed by atoms with Gasteiger partial charge in [0.1, 0.15) is 0 Å². The Balaban J connectivity index is 1.60. The van der Waals surface area contributed by atoms with Gasteiger partial charge in [-0.3, -0.25) is 4.79 Å². The molecule has 1 aromatic carbocycles. The van der Waals surface area contributed by atoms with Crippen LogP contribution in [-0.4, -0.2) is 50.6 Å². The van der Waals surface area contributed by atoms with Gasteiger partial charge in [-0.2, -0.15) is 0 Å². The zero-order chi connectivity index (χ0) is 16.3. The Morgan fingerprint density at radius 2 is 1.91 bits per heavy atom. The molecule has 1 aromatic rings. The van der Waals surface area contributed by atoms with Crippen LogP contribution in [0.2, 0.25) is 0 Å². The van der Waals surface area contributed by atoms with Crippen LogP contribution in [0.25, 0.3) is 0 Å². The first-order valence-electron chi connectivity index (χ1n) is 8.95. The standard InChI is InChI=1S/C19H29N3O/c1-3-12-21(2)17-6-4-16(5-7-17)18(23)22-13-9-19(10-14-22)8-11-20-15-19/h4-7,20H,3,8-15H2,1-2H3. The third-order valence-electron chi connectivity index (χ3n) is 5.56. The molecule has 23 heavy (non-hydrogen) atoms. The zero-order valence-corrected chi connectivity index (χ0v) is 14.5. The summed E-state index contributed by atoms with van der Waals surface area (Å²) < 4.78 is 0.